The van der Waals surface area contributed by atoms with Gasteiger partial charge in [0.15, 0.2) is 0 Å². The highest BCUT2D eigenvalue weighted by Gasteiger charge is 2.24. The molecule has 1 aliphatic heterocycles. The molecule has 0 atom stereocenters. The summed E-state index contributed by atoms with van der Waals surface area (Å²) in [5, 5.41) is 0.789. The van der Waals surface area contributed by atoms with Gasteiger partial charge < -0.3 is 9.32 Å². The summed E-state index contributed by atoms with van der Waals surface area (Å²) in [5.74, 6) is 0.642. The fourth-order valence-electron chi connectivity index (χ4n) is 5.06. The van der Waals surface area contributed by atoms with E-state index >= 15 is 0 Å². The molecule has 0 saturated carbocycles. The highest BCUT2D eigenvalue weighted by atomic mass is 32.1. The van der Waals surface area contributed by atoms with Crippen molar-refractivity contribution in [1.29, 1.82) is 0 Å². The Morgan fingerprint density at radius 3 is 2.60 bits per heavy atom. The molecule has 0 radical (unpaired) electrons. The van der Waals surface area contributed by atoms with Crippen LogP contribution in [0, 0.1) is 0 Å². The van der Waals surface area contributed by atoms with E-state index < -0.39 is 0 Å². The molecule has 0 spiro atoms. The molecule has 1 fully saturated rings. The summed E-state index contributed by atoms with van der Waals surface area (Å²) in [4.78, 5) is 30.7. The maximum Gasteiger partial charge on any atom is 0.332 e. The number of thiophene rings is 1. The lowest BCUT2D eigenvalue weighted by molar-refractivity contribution is -0.905. The highest BCUT2D eigenvalue weighted by Crippen LogP contribution is 2.33. The maximum atomic E-state index is 13.5. The minimum absolute atomic E-state index is 0.146. The summed E-state index contributed by atoms with van der Waals surface area (Å²) in [7, 11) is 0. The van der Waals surface area contributed by atoms with E-state index in [4.69, 9.17) is 4.42 Å². The second-order valence-electron chi connectivity index (χ2n) is 8.71. The summed E-state index contributed by atoms with van der Waals surface area (Å²) in [5.41, 5.74) is 0.855. The minimum Gasteiger partial charge on any atom is -0.467 e. The molecule has 1 N–H and O–H groups in total. The summed E-state index contributed by atoms with van der Waals surface area (Å²) < 4.78 is 8.74. The van der Waals surface area contributed by atoms with Gasteiger partial charge in [0.05, 0.1) is 44.4 Å². The van der Waals surface area contributed by atoms with Crippen LogP contribution in [-0.2, 0) is 25.9 Å². The molecule has 1 aliphatic carbocycles. The number of piperidine rings is 1. The Balaban J connectivity index is 1.62. The van der Waals surface area contributed by atoms with Crippen LogP contribution in [0.2, 0.25) is 0 Å². The fourth-order valence-corrected chi connectivity index (χ4v) is 6.46. The topological polar surface area (TPSA) is 61.6 Å². The van der Waals surface area contributed by atoms with Crippen molar-refractivity contribution >= 4 is 21.6 Å². The molecule has 160 valence electrons. The Bertz CT molecular complexity index is 1130. The van der Waals surface area contributed by atoms with Crippen molar-refractivity contribution in [3.8, 4) is 0 Å². The number of hydrogen-bond donors (Lipinski definition) is 1. The first-order valence-electron chi connectivity index (χ1n) is 11.4. The molecule has 3 aromatic heterocycles. The molecule has 6 nitrogen and oxygen atoms in total. The first-order valence-corrected chi connectivity index (χ1v) is 12.2. The smallest absolute Gasteiger partial charge is 0.332 e. The van der Waals surface area contributed by atoms with Crippen molar-refractivity contribution in [2.75, 3.05) is 19.6 Å². The zero-order valence-electron chi connectivity index (χ0n) is 17.5. The first kappa shape index (κ1) is 19.8. The predicted octanol–water partition coefficient (Wildman–Crippen LogP) is 2.20. The van der Waals surface area contributed by atoms with Gasteiger partial charge in [-0.15, -0.1) is 11.3 Å². The molecular weight excluding hydrogens is 398 g/mol. The summed E-state index contributed by atoms with van der Waals surface area (Å²) in [6.45, 7) is 4.18. The van der Waals surface area contributed by atoms with Gasteiger partial charge in [-0.2, -0.15) is 0 Å². The second-order valence-corrected chi connectivity index (χ2v) is 9.79. The van der Waals surface area contributed by atoms with Crippen LogP contribution in [0.25, 0.3) is 10.2 Å². The van der Waals surface area contributed by atoms with Crippen molar-refractivity contribution in [1.82, 2.24) is 9.13 Å². The van der Waals surface area contributed by atoms with Crippen LogP contribution in [-0.4, -0.2) is 28.8 Å². The van der Waals surface area contributed by atoms with Crippen molar-refractivity contribution in [3.63, 3.8) is 0 Å². The third-order valence-corrected chi connectivity index (χ3v) is 8.03. The largest absolute Gasteiger partial charge is 0.467 e. The van der Waals surface area contributed by atoms with Crippen LogP contribution in [0.3, 0.4) is 0 Å². The molecule has 1 saturated heterocycles. The number of rotatable bonds is 5. The average Bonchev–Trinajstić information content (AvgIpc) is 3.34. The van der Waals surface area contributed by atoms with Gasteiger partial charge >= 0.3 is 5.69 Å². The predicted molar refractivity (Wildman–Crippen MR) is 119 cm³/mol. The van der Waals surface area contributed by atoms with E-state index in [9.17, 15) is 9.59 Å². The lowest BCUT2D eigenvalue weighted by Gasteiger charge is -2.24. The van der Waals surface area contributed by atoms with Crippen LogP contribution in [0.15, 0.2) is 32.4 Å². The van der Waals surface area contributed by atoms with Gasteiger partial charge in [0.25, 0.3) is 5.56 Å². The van der Waals surface area contributed by atoms with E-state index in [-0.39, 0.29) is 17.8 Å². The normalized spacial score (nSPS) is 17.9. The van der Waals surface area contributed by atoms with Crippen LogP contribution in [0.1, 0.15) is 54.7 Å². The fraction of sp³-hybridized carbons (Fsp3) is 0.565. The van der Waals surface area contributed by atoms with Gasteiger partial charge in [0, 0.05) is 4.88 Å². The monoisotopic (exact) mass is 428 g/mol. The zero-order chi connectivity index (χ0) is 20.5. The lowest BCUT2D eigenvalue weighted by Crippen LogP contribution is -3.13. The number of hydrogen-bond acceptors (Lipinski definition) is 4. The van der Waals surface area contributed by atoms with E-state index in [1.165, 1.54) is 60.2 Å². The Morgan fingerprint density at radius 1 is 1.00 bits per heavy atom. The van der Waals surface area contributed by atoms with E-state index in [2.05, 4.69) is 0 Å². The van der Waals surface area contributed by atoms with Crippen molar-refractivity contribution in [2.45, 2.75) is 64.5 Å². The quantitative estimate of drug-likeness (QED) is 0.634. The van der Waals surface area contributed by atoms with Crippen molar-refractivity contribution in [3.05, 3.63) is 55.4 Å². The molecule has 0 aromatic carbocycles. The molecule has 0 unspecified atom stereocenters. The second kappa shape index (κ2) is 8.55. The number of fused-ring (bicyclic) bond motifs is 3. The molecule has 30 heavy (non-hydrogen) atoms. The average molecular weight is 429 g/mol. The molecular formula is C23H30N3O3S+. The van der Waals surface area contributed by atoms with Gasteiger partial charge in [-0.05, 0) is 62.6 Å². The summed E-state index contributed by atoms with van der Waals surface area (Å²) >= 11 is 1.69. The number of aromatic nitrogens is 2. The van der Waals surface area contributed by atoms with E-state index in [0.717, 1.165) is 36.0 Å². The van der Waals surface area contributed by atoms with Crippen LogP contribution < -0.4 is 16.1 Å². The van der Waals surface area contributed by atoms with Gasteiger partial charge in [-0.25, -0.2) is 4.79 Å². The maximum absolute atomic E-state index is 13.5. The van der Waals surface area contributed by atoms with E-state index in [1.807, 2.05) is 10.6 Å². The molecule has 7 heteroatoms. The number of nitrogens with zero attached hydrogens (tertiary/aromatic N) is 2. The number of nitrogens with one attached hydrogen (secondary N) is 1. The van der Waals surface area contributed by atoms with Gasteiger partial charge in [-0.3, -0.25) is 13.9 Å². The van der Waals surface area contributed by atoms with Gasteiger partial charge in [-0.1, -0.05) is 6.42 Å². The zero-order valence-corrected chi connectivity index (χ0v) is 18.3. The highest BCUT2D eigenvalue weighted by molar-refractivity contribution is 7.18. The lowest BCUT2D eigenvalue weighted by atomic mass is 10.1. The Hall–Kier alpha value is -2.12. The van der Waals surface area contributed by atoms with Crippen molar-refractivity contribution < 1.29 is 9.32 Å². The molecule has 4 heterocycles. The molecule has 0 amide bonds. The Kier molecular flexibility index (Phi) is 5.65. The number of furan rings is 1. The third-order valence-electron chi connectivity index (χ3n) is 6.71. The number of likely N-dealkylation sites (tertiary alicyclic amines) is 1. The number of aryl methyl sites for hydroxylation is 2. The standard InChI is InChI=1S/C23H29N3O3S/c27-21-20-18-9-3-1-4-10-19(18)30-22(20)25(14-13-24-11-5-2-6-12-24)23(28)26(21)16-17-8-7-15-29-17/h7-8,15H,1-6,9-14,16H2/p+1. The third kappa shape index (κ3) is 3.69. The Morgan fingerprint density at radius 2 is 1.80 bits per heavy atom. The summed E-state index contributed by atoms with van der Waals surface area (Å²) in [6.07, 6.45) is 10.9. The molecule has 5 rings (SSSR count). The molecule has 2 aliphatic rings. The van der Waals surface area contributed by atoms with Gasteiger partial charge in [0.2, 0.25) is 0 Å². The molecule has 0 bridgehead atoms. The van der Waals surface area contributed by atoms with E-state index in [0.29, 0.717) is 12.3 Å². The van der Waals surface area contributed by atoms with Crippen LogP contribution in [0.5, 0.6) is 0 Å². The van der Waals surface area contributed by atoms with Crippen LogP contribution >= 0.6 is 11.3 Å². The van der Waals surface area contributed by atoms with E-state index in [1.54, 1.807) is 28.6 Å². The van der Waals surface area contributed by atoms with Gasteiger partial charge in [0.1, 0.15) is 10.6 Å². The van der Waals surface area contributed by atoms with Crippen LogP contribution in [0.4, 0.5) is 0 Å². The SMILES string of the molecule is O=c1c2c3c(sc2n(CC[NH+]2CCCCC2)c(=O)n1Cc1ccco1)CCCCC3. The molecule has 3 aromatic rings. The summed E-state index contributed by atoms with van der Waals surface area (Å²) in [6, 6.07) is 3.63. The first-order chi connectivity index (χ1) is 14.7. The Labute approximate surface area is 179 Å². The van der Waals surface area contributed by atoms with Crippen molar-refractivity contribution in [2.24, 2.45) is 0 Å². The minimum atomic E-state index is -0.197. The number of quaternary nitrogens is 1.